The Labute approximate surface area is 242 Å². The van der Waals surface area contributed by atoms with E-state index in [1.165, 1.54) is 42.7 Å². The third kappa shape index (κ3) is 7.41. The molecule has 1 N–H and O–H groups in total. The summed E-state index contributed by atoms with van der Waals surface area (Å²) in [6.07, 6.45) is -7.46. The first kappa shape index (κ1) is 31.7. The number of likely N-dealkylation sites (tertiary alicyclic amines) is 1. The second kappa shape index (κ2) is 12.6. The molecule has 0 bridgehead atoms. The van der Waals surface area contributed by atoms with Crippen LogP contribution < -0.4 is 10.2 Å². The van der Waals surface area contributed by atoms with Crippen LogP contribution in [0.15, 0.2) is 55.0 Å². The lowest BCUT2D eigenvalue weighted by Crippen LogP contribution is -2.49. The number of aromatic nitrogens is 2. The Morgan fingerprint density at radius 1 is 1.02 bits per heavy atom. The predicted octanol–water partition coefficient (Wildman–Crippen LogP) is 6.33. The highest BCUT2D eigenvalue weighted by Crippen LogP contribution is 2.38. The molecule has 0 radical (unpaired) electrons. The molecule has 3 amide bonds. The number of rotatable bonds is 6. The van der Waals surface area contributed by atoms with Crippen LogP contribution in [0.25, 0.3) is 0 Å². The molecule has 1 fully saturated rings. The largest absolute Gasteiger partial charge is 0.416 e. The normalized spacial score (nSPS) is 17.5. The van der Waals surface area contributed by atoms with Gasteiger partial charge in [0.25, 0.3) is 0 Å². The molecule has 1 aliphatic rings. The molecule has 0 saturated carbocycles. The highest BCUT2D eigenvalue weighted by Gasteiger charge is 2.39. The van der Waals surface area contributed by atoms with E-state index in [1.54, 1.807) is 17.9 Å². The van der Waals surface area contributed by atoms with Crippen molar-refractivity contribution in [3.63, 3.8) is 0 Å². The Morgan fingerprint density at radius 3 is 2.26 bits per heavy atom. The van der Waals surface area contributed by atoms with Crippen molar-refractivity contribution >= 4 is 17.8 Å². The minimum absolute atomic E-state index is 0.0502. The van der Waals surface area contributed by atoms with Crippen molar-refractivity contribution in [2.24, 2.45) is 5.92 Å². The van der Waals surface area contributed by atoms with Crippen molar-refractivity contribution in [1.29, 1.82) is 0 Å². The second-order valence-corrected chi connectivity index (χ2v) is 10.2. The van der Waals surface area contributed by atoms with Crippen LogP contribution >= 0.6 is 0 Å². The maximum Gasteiger partial charge on any atom is 0.416 e. The molecule has 0 unspecified atom stereocenters. The van der Waals surface area contributed by atoms with Crippen molar-refractivity contribution in [3.8, 4) is 0 Å². The van der Waals surface area contributed by atoms with Gasteiger partial charge < -0.3 is 10.2 Å². The average Bonchev–Trinajstić information content (AvgIpc) is 2.96. The molecule has 1 saturated heterocycles. The van der Waals surface area contributed by atoms with Gasteiger partial charge in [0.05, 0.1) is 17.2 Å². The molecule has 2 aromatic carbocycles. The van der Waals surface area contributed by atoms with Crippen molar-refractivity contribution in [1.82, 2.24) is 20.2 Å². The summed E-state index contributed by atoms with van der Waals surface area (Å²) in [5.74, 6) is -1.51. The van der Waals surface area contributed by atoms with Gasteiger partial charge in [-0.3, -0.25) is 9.69 Å². The summed E-state index contributed by atoms with van der Waals surface area (Å²) >= 11 is 0. The molecule has 1 aromatic heterocycles. The van der Waals surface area contributed by atoms with E-state index in [0.717, 1.165) is 0 Å². The Kier molecular flexibility index (Phi) is 9.26. The molecule has 43 heavy (non-hydrogen) atoms. The lowest BCUT2D eigenvalue weighted by atomic mass is 9.84. The van der Waals surface area contributed by atoms with Crippen LogP contribution in [0.5, 0.6) is 0 Å². The lowest BCUT2D eigenvalue weighted by molar-refractivity contribution is -0.143. The minimum Gasteiger partial charge on any atom is -0.341 e. The second-order valence-electron chi connectivity index (χ2n) is 10.2. The van der Waals surface area contributed by atoms with Gasteiger partial charge in [-0.25, -0.2) is 19.2 Å². The fourth-order valence-corrected chi connectivity index (χ4v) is 5.29. The monoisotopic (exact) mass is 611 g/mol. The molecular weight excluding hydrogens is 583 g/mol. The van der Waals surface area contributed by atoms with Crippen LogP contribution in [0.3, 0.4) is 0 Å². The highest BCUT2D eigenvalue weighted by molar-refractivity contribution is 5.94. The van der Waals surface area contributed by atoms with Gasteiger partial charge >= 0.3 is 18.4 Å². The van der Waals surface area contributed by atoms with Gasteiger partial charge in [0.1, 0.15) is 18.0 Å². The summed E-state index contributed by atoms with van der Waals surface area (Å²) in [6.45, 7) is 1.57. The number of nitrogens with zero attached hydrogens (tertiary/aromatic N) is 4. The predicted molar refractivity (Wildman–Crippen MR) is 142 cm³/mol. The summed E-state index contributed by atoms with van der Waals surface area (Å²) in [4.78, 5) is 37.3. The zero-order chi connectivity index (χ0) is 31.5. The molecule has 2 heterocycles. The van der Waals surface area contributed by atoms with Gasteiger partial charge in [-0.2, -0.15) is 26.3 Å². The molecule has 1 aliphatic heterocycles. The van der Waals surface area contributed by atoms with E-state index in [4.69, 9.17) is 0 Å². The van der Waals surface area contributed by atoms with Crippen LogP contribution in [0.1, 0.15) is 46.7 Å². The van der Waals surface area contributed by atoms with Crippen molar-refractivity contribution in [3.05, 3.63) is 88.6 Å². The van der Waals surface area contributed by atoms with Crippen LogP contribution in [0.2, 0.25) is 0 Å². The van der Waals surface area contributed by atoms with E-state index in [0.29, 0.717) is 23.3 Å². The SMILES string of the molecule is CNC(=O)N1CC[C@H](C(=O)N(CCc2cc(C(F)(F)F)cc(C(F)(F)F)c2)c2ccncn2)C[C@@H]1c1ccc(F)cc1C. The fourth-order valence-electron chi connectivity index (χ4n) is 5.29. The number of halogens is 7. The van der Waals surface area contributed by atoms with E-state index in [-0.39, 0.29) is 49.8 Å². The summed E-state index contributed by atoms with van der Waals surface area (Å²) in [5, 5.41) is 2.57. The van der Waals surface area contributed by atoms with Crippen molar-refractivity contribution < 1.29 is 40.3 Å². The molecular formula is C29H28F7N5O2. The van der Waals surface area contributed by atoms with Gasteiger partial charge in [0.2, 0.25) is 5.91 Å². The van der Waals surface area contributed by atoms with Crippen molar-refractivity contribution in [2.45, 2.75) is 44.6 Å². The maximum absolute atomic E-state index is 14.0. The topological polar surface area (TPSA) is 78.4 Å². The first-order valence-corrected chi connectivity index (χ1v) is 13.3. The molecule has 0 spiro atoms. The van der Waals surface area contributed by atoms with Crippen LogP contribution in [-0.2, 0) is 23.6 Å². The Balaban J connectivity index is 1.65. The minimum atomic E-state index is -5.01. The summed E-state index contributed by atoms with van der Waals surface area (Å²) in [5.41, 5.74) is -1.94. The van der Waals surface area contributed by atoms with E-state index in [9.17, 15) is 40.3 Å². The Hall–Kier alpha value is -4.23. The zero-order valence-electron chi connectivity index (χ0n) is 23.1. The molecule has 14 heteroatoms. The van der Waals surface area contributed by atoms with Crippen LogP contribution in [0, 0.1) is 18.7 Å². The van der Waals surface area contributed by atoms with Gasteiger partial charge in [0.15, 0.2) is 0 Å². The Morgan fingerprint density at radius 2 is 1.70 bits per heavy atom. The standard InChI is InChI=1S/C29H28F7N5O2/c1-17-11-22(30)3-4-23(17)24-14-19(7-10-40(24)27(43)37-2)26(42)41(25-5-8-38-16-39-25)9-6-18-12-20(28(31,32)33)15-21(13-18)29(34,35)36/h3-5,8,11-13,15-16,19,24H,6-7,9-10,14H2,1-2H3,(H,37,43)/t19-,24+/m0/s1. The number of hydrogen-bond donors (Lipinski definition) is 1. The fraction of sp³-hybridized carbons (Fsp3) is 0.379. The number of carbonyl (C=O) groups is 2. The Bertz CT molecular complexity index is 1430. The highest BCUT2D eigenvalue weighted by atomic mass is 19.4. The number of aryl methyl sites for hydroxylation is 1. The van der Waals surface area contributed by atoms with E-state index >= 15 is 0 Å². The third-order valence-electron chi connectivity index (χ3n) is 7.40. The number of urea groups is 1. The van der Waals surface area contributed by atoms with Crippen LogP contribution in [-0.4, -0.2) is 46.9 Å². The first-order valence-electron chi connectivity index (χ1n) is 13.3. The molecule has 4 rings (SSSR count). The molecule has 0 aliphatic carbocycles. The first-order chi connectivity index (χ1) is 20.2. The molecule has 3 aromatic rings. The average molecular weight is 612 g/mol. The number of benzene rings is 2. The number of amides is 3. The molecule has 230 valence electrons. The number of anilines is 1. The summed E-state index contributed by atoms with van der Waals surface area (Å²) < 4.78 is 94.3. The smallest absolute Gasteiger partial charge is 0.341 e. The maximum atomic E-state index is 14.0. The number of carbonyl (C=O) groups excluding carboxylic acids is 2. The van der Waals surface area contributed by atoms with Gasteiger partial charge in [-0.05, 0) is 79.3 Å². The van der Waals surface area contributed by atoms with Crippen molar-refractivity contribution in [2.75, 3.05) is 25.0 Å². The zero-order valence-corrected chi connectivity index (χ0v) is 23.1. The summed E-state index contributed by atoms with van der Waals surface area (Å²) in [7, 11) is 1.46. The molecule has 7 nitrogen and oxygen atoms in total. The van der Waals surface area contributed by atoms with Gasteiger partial charge in [-0.15, -0.1) is 0 Å². The van der Waals surface area contributed by atoms with Gasteiger partial charge in [-0.1, -0.05) is 6.07 Å². The lowest BCUT2D eigenvalue weighted by Gasteiger charge is -2.40. The number of nitrogens with one attached hydrogen (secondary N) is 1. The quantitative estimate of drug-likeness (QED) is 0.331. The van der Waals surface area contributed by atoms with Crippen LogP contribution in [0.4, 0.5) is 41.3 Å². The summed E-state index contributed by atoms with van der Waals surface area (Å²) in [6, 6.07) is 5.85. The van der Waals surface area contributed by atoms with Gasteiger partial charge in [0, 0.05) is 32.3 Å². The number of hydrogen-bond acceptors (Lipinski definition) is 4. The number of alkyl halides is 6. The molecule has 2 atom stereocenters. The van der Waals surface area contributed by atoms with E-state index in [1.807, 2.05) is 0 Å². The van der Waals surface area contributed by atoms with E-state index in [2.05, 4.69) is 15.3 Å². The van der Waals surface area contributed by atoms with E-state index < -0.39 is 53.2 Å². The third-order valence-corrected chi connectivity index (χ3v) is 7.40. The number of piperidine rings is 1.